The number of Topliss-reactive ketones (excluding diaryl/α,β-unsaturated/α-hetero) is 1. The number of nitro benzene ring substituents is 1. The van der Waals surface area contributed by atoms with E-state index in [0.717, 1.165) is 16.0 Å². The normalized spacial score (nSPS) is 23.9. The van der Waals surface area contributed by atoms with Crippen LogP contribution >= 0.6 is 0 Å². The molecule has 3 heterocycles. The molecule has 0 aromatic heterocycles. The summed E-state index contributed by atoms with van der Waals surface area (Å²) in [6.07, 6.45) is 3.50. The molecule has 0 N–H and O–H groups in total. The molecule has 0 bridgehead atoms. The lowest BCUT2D eigenvalue weighted by Gasteiger charge is -2.35. The zero-order valence-corrected chi connectivity index (χ0v) is 18.7. The van der Waals surface area contributed by atoms with Gasteiger partial charge in [0, 0.05) is 23.9 Å². The summed E-state index contributed by atoms with van der Waals surface area (Å²) in [6, 6.07) is 16.5. The van der Waals surface area contributed by atoms with Crippen molar-refractivity contribution < 1.29 is 23.7 Å². The number of amides is 2. The predicted molar refractivity (Wildman–Crippen MR) is 127 cm³/mol. The molecule has 0 radical (unpaired) electrons. The van der Waals surface area contributed by atoms with Gasteiger partial charge < -0.3 is 4.90 Å². The van der Waals surface area contributed by atoms with E-state index >= 15 is 0 Å². The number of imide groups is 1. The number of anilines is 1. The number of carbonyl (C=O) groups is 3. The van der Waals surface area contributed by atoms with Crippen molar-refractivity contribution >= 4 is 35.0 Å². The highest BCUT2D eigenvalue weighted by Crippen LogP contribution is 2.53. The highest BCUT2D eigenvalue weighted by atomic mass is 19.1. The van der Waals surface area contributed by atoms with E-state index in [2.05, 4.69) is 0 Å². The van der Waals surface area contributed by atoms with E-state index in [-0.39, 0.29) is 16.9 Å². The Bertz CT molecular complexity index is 1500. The molecule has 2 fully saturated rings. The summed E-state index contributed by atoms with van der Waals surface area (Å²) >= 11 is 0. The van der Waals surface area contributed by atoms with Gasteiger partial charge in [-0.05, 0) is 29.3 Å². The van der Waals surface area contributed by atoms with Gasteiger partial charge in [0.1, 0.15) is 11.9 Å². The van der Waals surface area contributed by atoms with Crippen LogP contribution in [-0.4, -0.2) is 33.5 Å². The third-order valence-corrected chi connectivity index (χ3v) is 7.17. The molecule has 178 valence electrons. The zero-order chi connectivity index (χ0) is 25.1. The van der Waals surface area contributed by atoms with Gasteiger partial charge in [-0.3, -0.25) is 24.5 Å². The van der Waals surface area contributed by atoms with E-state index in [9.17, 15) is 28.9 Å². The third-order valence-electron chi connectivity index (χ3n) is 7.17. The van der Waals surface area contributed by atoms with E-state index in [0.29, 0.717) is 0 Å². The molecule has 0 spiro atoms. The summed E-state index contributed by atoms with van der Waals surface area (Å²) in [6.45, 7) is 0. The molecular weight excluding hydrogens is 465 g/mol. The maximum atomic E-state index is 14.7. The lowest BCUT2D eigenvalue weighted by molar-refractivity contribution is -0.384. The van der Waals surface area contributed by atoms with Crippen LogP contribution in [0.3, 0.4) is 0 Å². The lowest BCUT2D eigenvalue weighted by Crippen LogP contribution is -2.44. The average molecular weight is 483 g/mol. The van der Waals surface area contributed by atoms with Crippen molar-refractivity contribution in [2.24, 2.45) is 11.8 Å². The summed E-state index contributed by atoms with van der Waals surface area (Å²) in [4.78, 5) is 54.6. The Hall–Kier alpha value is -4.66. The van der Waals surface area contributed by atoms with Crippen LogP contribution in [0.15, 0.2) is 79.0 Å². The topological polar surface area (TPSA) is 101 Å². The number of nitro groups is 1. The Balaban J connectivity index is 1.51. The van der Waals surface area contributed by atoms with Gasteiger partial charge in [0.25, 0.3) is 5.69 Å². The van der Waals surface area contributed by atoms with Crippen molar-refractivity contribution in [3.63, 3.8) is 0 Å². The van der Waals surface area contributed by atoms with E-state index in [4.69, 9.17) is 0 Å². The van der Waals surface area contributed by atoms with Crippen LogP contribution in [-0.2, 0) is 9.59 Å². The van der Waals surface area contributed by atoms with Gasteiger partial charge in [0.2, 0.25) is 11.8 Å². The zero-order valence-electron chi connectivity index (χ0n) is 18.7. The van der Waals surface area contributed by atoms with Crippen molar-refractivity contribution in [1.29, 1.82) is 0 Å². The summed E-state index contributed by atoms with van der Waals surface area (Å²) in [7, 11) is 0. The Morgan fingerprint density at radius 2 is 1.64 bits per heavy atom. The van der Waals surface area contributed by atoms with Crippen molar-refractivity contribution in [3.05, 3.63) is 112 Å². The molecule has 0 unspecified atom stereocenters. The van der Waals surface area contributed by atoms with Gasteiger partial charge in [-0.15, -0.1) is 0 Å². The van der Waals surface area contributed by atoms with Crippen LogP contribution < -0.4 is 4.90 Å². The van der Waals surface area contributed by atoms with Crippen LogP contribution in [0.4, 0.5) is 15.8 Å². The Labute approximate surface area is 204 Å². The number of hydrogen-bond acceptors (Lipinski definition) is 6. The minimum atomic E-state index is -1.10. The summed E-state index contributed by atoms with van der Waals surface area (Å²) in [5.74, 6) is -4.51. The number of fused-ring (bicyclic) bond motifs is 5. The van der Waals surface area contributed by atoms with E-state index in [1.165, 1.54) is 48.5 Å². The first-order valence-corrected chi connectivity index (χ1v) is 11.3. The van der Waals surface area contributed by atoms with Crippen molar-refractivity contribution in [3.8, 4) is 0 Å². The van der Waals surface area contributed by atoms with Crippen LogP contribution in [0.2, 0.25) is 0 Å². The smallest absolute Gasteiger partial charge is 0.270 e. The molecule has 4 atom stereocenters. The quantitative estimate of drug-likeness (QED) is 0.239. The lowest BCUT2D eigenvalue weighted by atomic mass is 9.83. The van der Waals surface area contributed by atoms with Crippen LogP contribution in [0, 0.1) is 27.8 Å². The molecule has 9 heteroatoms. The standard InChI is InChI=1S/C27H18FN3O5/c28-19-10-3-4-11-20(19)30-26(33)21-22(27(30)34)24(25(32)16-7-5-8-17(14-16)31(35)36)29-13-12-15-6-1-2-9-18(15)23(21)29/h1-14,21-24H/t21-,22-,23-,24+/m1/s1. The number of hydrogen-bond donors (Lipinski definition) is 0. The first kappa shape index (κ1) is 21.8. The molecule has 2 amide bonds. The van der Waals surface area contributed by atoms with Gasteiger partial charge in [0.15, 0.2) is 5.78 Å². The maximum Gasteiger partial charge on any atom is 0.270 e. The Morgan fingerprint density at radius 1 is 0.917 bits per heavy atom. The molecule has 6 rings (SSSR count). The number of benzene rings is 3. The molecule has 2 saturated heterocycles. The first-order valence-electron chi connectivity index (χ1n) is 11.3. The molecule has 3 aromatic rings. The fourth-order valence-electron chi connectivity index (χ4n) is 5.67. The minimum absolute atomic E-state index is 0.0606. The summed E-state index contributed by atoms with van der Waals surface area (Å²) in [5, 5.41) is 11.3. The number of non-ortho nitro benzene ring substituents is 1. The molecule has 3 aromatic carbocycles. The molecular formula is C27H18FN3O5. The van der Waals surface area contributed by atoms with Crippen LogP contribution in [0.5, 0.6) is 0 Å². The number of para-hydroxylation sites is 1. The summed E-state index contributed by atoms with van der Waals surface area (Å²) < 4.78 is 14.7. The molecule has 8 nitrogen and oxygen atoms in total. The van der Waals surface area contributed by atoms with Crippen molar-refractivity contribution in [1.82, 2.24) is 4.90 Å². The van der Waals surface area contributed by atoms with Gasteiger partial charge in [-0.25, -0.2) is 9.29 Å². The third kappa shape index (κ3) is 3.02. The fourth-order valence-corrected chi connectivity index (χ4v) is 5.67. The van der Waals surface area contributed by atoms with E-state index in [1.54, 1.807) is 11.1 Å². The van der Waals surface area contributed by atoms with Gasteiger partial charge in [-0.1, -0.05) is 48.5 Å². The number of carbonyl (C=O) groups excluding carboxylic acids is 3. The van der Waals surface area contributed by atoms with Crippen molar-refractivity contribution in [2.75, 3.05) is 4.90 Å². The Kier molecular flexibility index (Phi) is 4.82. The molecule has 0 aliphatic carbocycles. The van der Waals surface area contributed by atoms with Gasteiger partial charge >= 0.3 is 0 Å². The largest absolute Gasteiger partial charge is 0.358 e. The second-order valence-corrected chi connectivity index (χ2v) is 8.97. The predicted octanol–water partition coefficient (Wildman–Crippen LogP) is 4.13. The number of halogens is 1. The highest BCUT2D eigenvalue weighted by molar-refractivity contribution is 6.24. The Morgan fingerprint density at radius 3 is 2.42 bits per heavy atom. The minimum Gasteiger partial charge on any atom is -0.358 e. The van der Waals surface area contributed by atoms with Crippen LogP contribution in [0.25, 0.3) is 6.08 Å². The van der Waals surface area contributed by atoms with Crippen molar-refractivity contribution in [2.45, 2.75) is 12.1 Å². The first-order chi connectivity index (χ1) is 17.4. The molecule has 3 aliphatic heterocycles. The SMILES string of the molecule is O=C(c1cccc([N+](=O)[O-])c1)[C@@H]1[C@@H]2C(=O)N(c3ccccc3F)C(=O)[C@H]2[C@H]2c3ccccc3C=CN12. The fraction of sp³-hybridized carbons (Fsp3) is 0.148. The molecule has 36 heavy (non-hydrogen) atoms. The average Bonchev–Trinajstić information content (AvgIpc) is 3.36. The number of nitrogens with zero attached hydrogens (tertiary/aromatic N) is 3. The number of ketones is 1. The molecule has 0 saturated carbocycles. The number of rotatable bonds is 4. The highest BCUT2D eigenvalue weighted by Gasteiger charge is 2.64. The second-order valence-electron chi connectivity index (χ2n) is 8.97. The van der Waals surface area contributed by atoms with E-state index < -0.39 is 52.3 Å². The van der Waals surface area contributed by atoms with Gasteiger partial charge in [-0.2, -0.15) is 0 Å². The van der Waals surface area contributed by atoms with E-state index in [1.807, 2.05) is 30.3 Å². The second kappa shape index (κ2) is 7.94. The van der Waals surface area contributed by atoms with Gasteiger partial charge in [0.05, 0.1) is 28.5 Å². The molecule has 3 aliphatic rings. The summed E-state index contributed by atoms with van der Waals surface area (Å²) in [5.41, 5.74) is 1.28. The monoisotopic (exact) mass is 483 g/mol. The maximum absolute atomic E-state index is 14.7. The van der Waals surface area contributed by atoms with Crippen LogP contribution in [0.1, 0.15) is 27.5 Å².